The Bertz CT molecular complexity index is 106. The molecule has 0 aliphatic rings. The van der Waals surface area contributed by atoms with Gasteiger partial charge in [0, 0.05) is 13.2 Å². The van der Waals surface area contributed by atoms with Gasteiger partial charge in [-0.05, 0) is 32.7 Å². The molecular formula is C11H25NO. The lowest BCUT2D eigenvalue weighted by molar-refractivity contribution is 0.0992. The molecule has 13 heavy (non-hydrogen) atoms. The van der Waals surface area contributed by atoms with Crippen molar-refractivity contribution < 1.29 is 4.74 Å². The van der Waals surface area contributed by atoms with Crippen LogP contribution in [0.5, 0.6) is 0 Å². The number of hydrogen-bond acceptors (Lipinski definition) is 2. The van der Waals surface area contributed by atoms with Gasteiger partial charge < -0.3 is 10.1 Å². The van der Waals surface area contributed by atoms with Gasteiger partial charge in [0.05, 0.1) is 6.10 Å². The third-order valence-corrected chi connectivity index (χ3v) is 2.34. The quantitative estimate of drug-likeness (QED) is 0.630. The first-order chi connectivity index (χ1) is 6.24. The summed E-state index contributed by atoms with van der Waals surface area (Å²) in [7, 11) is 1.79. The van der Waals surface area contributed by atoms with Gasteiger partial charge in [-0.15, -0.1) is 0 Å². The highest BCUT2D eigenvalue weighted by atomic mass is 16.5. The van der Waals surface area contributed by atoms with Crippen LogP contribution in [0.15, 0.2) is 0 Å². The van der Waals surface area contributed by atoms with E-state index in [9.17, 15) is 0 Å². The van der Waals surface area contributed by atoms with E-state index in [0.717, 1.165) is 13.0 Å². The first-order valence-electron chi connectivity index (χ1n) is 5.50. The second-order valence-electron chi connectivity index (χ2n) is 3.72. The monoisotopic (exact) mass is 187 g/mol. The normalized spacial score (nSPS) is 15.7. The third-order valence-electron chi connectivity index (χ3n) is 2.34. The highest BCUT2D eigenvalue weighted by Crippen LogP contribution is 2.07. The Hall–Kier alpha value is -0.0800. The molecule has 0 aromatic carbocycles. The highest BCUT2D eigenvalue weighted by Gasteiger charge is 2.10. The fourth-order valence-electron chi connectivity index (χ4n) is 1.50. The van der Waals surface area contributed by atoms with Crippen LogP contribution in [0, 0.1) is 0 Å². The molecule has 80 valence electrons. The van der Waals surface area contributed by atoms with Crippen molar-refractivity contribution in [3.05, 3.63) is 0 Å². The first kappa shape index (κ1) is 12.9. The summed E-state index contributed by atoms with van der Waals surface area (Å²) in [6, 6.07) is 0.639. The average molecular weight is 187 g/mol. The van der Waals surface area contributed by atoms with Crippen LogP contribution in [0.3, 0.4) is 0 Å². The van der Waals surface area contributed by atoms with Crippen molar-refractivity contribution in [3.63, 3.8) is 0 Å². The lowest BCUT2D eigenvalue weighted by Crippen LogP contribution is -2.32. The fourth-order valence-corrected chi connectivity index (χ4v) is 1.50. The minimum Gasteiger partial charge on any atom is -0.382 e. The van der Waals surface area contributed by atoms with Gasteiger partial charge >= 0.3 is 0 Å². The number of rotatable bonds is 8. The summed E-state index contributed by atoms with van der Waals surface area (Å²) in [6.07, 6.45) is 5.22. The van der Waals surface area contributed by atoms with Crippen LogP contribution in [0.25, 0.3) is 0 Å². The minimum atomic E-state index is 0.376. The number of ether oxygens (including phenoxy) is 1. The first-order valence-corrected chi connectivity index (χ1v) is 5.50. The van der Waals surface area contributed by atoms with Crippen molar-refractivity contribution in [2.45, 2.75) is 58.6 Å². The summed E-state index contributed by atoms with van der Waals surface area (Å²) in [5, 5.41) is 3.56. The van der Waals surface area contributed by atoms with Crippen molar-refractivity contribution in [1.29, 1.82) is 0 Å². The van der Waals surface area contributed by atoms with E-state index in [0.29, 0.717) is 12.1 Å². The Morgan fingerprint density at radius 3 is 2.38 bits per heavy atom. The SMILES string of the molecule is CCCNC(CCC)CC(C)OC. The maximum absolute atomic E-state index is 5.27. The summed E-state index contributed by atoms with van der Waals surface area (Å²) in [5.74, 6) is 0. The van der Waals surface area contributed by atoms with Crippen molar-refractivity contribution in [2.75, 3.05) is 13.7 Å². The summed E-state index contributed by atoms with van der Waals surface area (Å²) < 4.78 is 5.27. The van der Waals surface area contributed by atoms with Gasteiger partial charge in [-0.2, -0.15) is 0 Å². The Labute approximate surface area is 83.1 Å². The summed E-state index contributed by atoms with van der Waals surface area (Å²) >= 11 is 0. The number of nitrogens with one attached hydrogen (secondary N) is 1. The molecule has 0 fully saturated rings. The summed E-state index contributed by atoms with van der Waals surface area (Å²) in [6.45, 7) is 7.70. The van der Waals surface area contributed by atoms with Gasteiger partial charge in [0.2, 0.25) is 0 Å². The van der Waals surface area contributed by atoms with Crippen LogP contribution in [0.2, 0.25) is 0 Å². The van der Waals surface area contributed by atoms with Crippen molar-refractivity contribution in [1.82, 2.24) is 5.32 Å². The van der Waals surface area contributed by atoms with E-state index in [-0.39, 0.29) is 0 Å². The molecule has 0 amide bonds. The zero-order valence-corrected chi connectivity index (χ0v) is 9.60. The molecule has 2 nitrogen and oxygen atoms in total. The summed E-state index contributed by atoms with van der Waals surface area (Å²) in [4.78, 5) is 0. The van der Waals surface area contributed by atoms with Crippen LogP contribution in [-0.4, -0.2) is 25.8 Å². The molecule has 0 aromatic rings. The van der Waals surface area contributed by atoms with Gasteiger partial charge in [0.1, 0.15) is 0 Å². The molecule has 0 aromatic heterocycles. The van der Waals surface area contributed by atoms with Crippen molar-refractivity contribution >= 4 is 0 Å². The van der Waals surface area contributed by atoms with Gasteiger partial charge in [-0.25, -0.2) is 0 Å². The molecule has 0 aliphatic carbocycles. The molecule has 0 heterocycles. The third kappa shape index (κ3) is 7.03. The molecule has 0 saturated carbocycles. The minimum absolute atomic E-state index is 0.376. The van der Waals surface area contributed by atoms with Crippen LogP contribution in [-0.2, 0) is 4.74 Å². The second-order valence-corrected chi connectivity index (χ2v) is 3.72. The Morgan fingerprint density at radius 1 is 1.23 bits per heavy atom. The lowest BCUT2D eigenvalue weighted by atomic mass is 10.1. The molecule has 0 aliphatic heterocycles. The van der Waals surface area contributed by atoms with E-state index >= 15 is 0 Å². The maximum Gasteiger partial charge on any atom is 0.0558 e. The maximum atomic E-state index is 5.27. The van der Waals surface area contributed by atoms with E-state index in [1.807, 2.05) is 0 Å². The Balaban J connectivity index is 3.65. The van der Waals surface area contributed by atoms with Crippen LogP contribution >= 0.6 is 0 Å². The van der Waals surface area contributed by atoms with E-state index in [1.54, 1.807) is 7.11 Å². The molecule has 2 unspecified atom stereocenters. The molecule has 0 rings (SSSR count). The molecule has 2 atom stereocenters. The number of hydrogen-bond donors (Lipinski definition) is 1. The summed E-state index contributed by atoms with van der Waals surface area (Å²) in [5.41, 5.74) is 0. The van der Waals surface area contributed by atoms with Gasteiger partial charge in [-0.1, -0.05) is 20.3 Å². The second kappa shape index (κ2) is 8.52. The standard InChI is InChI=1S/C11H25NO/c1-5-7-11(12-8-6-2)9-10(3)13-4/h10-12H,5-9H2,1-4H3. The predicted octanol–water partition coefficient (Wildman–Crippen LogP) is 2.58. The highest BCUT2D eigenvalue weighted by molar-refractivity contribution is 4.69. The van der Waals surface area contributed by atoms with E-state index in [4.69, 9.17) is 4.74 Å². The molecule has 2 heteroatoms. The lowest BCUT2D eigenvalue weighted by Gasteiger charge is -2.20. The van der Waals surface area contributed by atoms with Gasteiger partial charge in [0.25, 0.3) is 0 Å². The topological polar surface area (TPSA) is 21.3 Å². The Kier molecular flexibility index (Phi) is 8.46. The zero-order chi connectivity index (χ0) is 10.1. The van der Waals surface area contributed by atoms with Crippen LogP contribution < -0.4 is 5.32 Å². The largest absolute Gasteiger partial charge is 0.382 e. The van der Waals surface area contributed by atoms with E-state index < -0.39 is 0 Å². The Morgan fingerprint density at radius 2 is 1.92 bits per heavy atom. The van der Waals surface area contributed by atoms with E-state index in [1.165, 1.54) is 19.3 Å². The van der Waals surface area contributed by atoms with Gasteiger partial charge in [0.15, 0.2) is 0 Å². The average Bonchev–Trinajstić information content (AvgIpc) is 2.14. The molecular weight excluding hydrogens is 162 g/mol. The van der Waals surface area contributed by atoms with Crippen LogP contribution in [0.4, 0.5) is 0 Å². The molecule has 1 N–H and O–H groups in total. The number of methoxy groups -OCH3 is 1. The van der Waals surface area contributed by atoms with Gasteiger partial charge in [-0.3, -0.25) is 0 Å². The molecule has 0 bridgehead atoms. The zero-order valence-electron chi connectivity index (χ0n) is 9.60. The molecule has 0 saturated heterocycles. The molecule has 0 spiro atoms. The predicted molar refractivity (Wildman–Crippen MR) is 58.1 cm³/mol. The smallest absolute Gasteiger partial charge is 0.0558 e. The van der Waals surface area contributed by atoms with E-state index in [2.05, 4.69) is 26.1 Å². The van der Waals surface area contributed by atoms with Crippen molar-refractivity contribution in [2.24, 2.45) is 0 Å². The molecule has 0 radical (unpaired) electrons. The van der Waals surface area contributed by atoms with Crippen molar-refractivity contribution in [3.8, 4) is 0 Å². The fraction of sp³-hybridized carbons (Fsp3) is 1.00. The van der Waals surface area contributed by atoms with Crippen LogP contribution in [0.1, 0.15) is 46.5 Å².